The van der Waals surface area contributed by atoms with E-state index in [1.54, 1.807) is 0 Å². The van der Waals surface area contributed by atoms with Crippen LogP contribution < -0.4 is 10.2 Å². The molecule has 3 aromatic rings. The molecule has 2 amide bonds. The number of rotatable bonds is 5. The first kappa shape index (κ1) is 20.9. The highest BCUT2D eigenvalue weighted by molar-refractivity contribution is 8.04. The van der Waals surface area contributed by atoms with Gasteiger partial charge in [-0.15, -0.1) is 0 Å². The Labute approximate surface area is 187 Å². The number of imide groups is 1. The molecule has 4 nitrogen and oxygen atoms in total. The Hall–Kier alpha value is -3.31. The maximum absolute atomic E-state index is 13.5. The molecule has 0 atom stereocenters. The number of aryl methyl sites for hydroxylation is 3. The molecule has 1 heterocycles. The number of hydrogen-bond donors (Lipinski definition) is 1. The standard InChI is InChI=1S/C26H24N2O2S/c1-16-13-14-20(15-18(16)3)27-23-24(31-21-10-6-5-7-11-21)26(30)28(25(23)29)22-12-8-9-17(2)19(22)4/h5-15,27H,1-4H3. The third kappa shape index (κ3) is 4.01. The van der Waals surface area contributed by atoms with Crippen LogP contribution in [0.15, 0.2) is 82.2 Å². The van der Waals surface area contributed by atoms with Crippen LogP contribution >= 0.6 is 11.8 Å². The summed E-state index contributed by atoms with van der Waals surface area (Å²) in [5.74, 6) is -0.644. The second-order valence-electron chi connectivity index (χ2n) is 7.71. The fraction of sp³-hybridized carbons (Fsp3) is 0.154. The molecule has 0 fully saturated rings. The summed E-state index contributed by atoms with van der Waals surface area (Å²) in [5, 5.41) is 3.24. The van der Waals surface area contributed by atoms with Crippen molar-refractivity contribution in [3.63, 3.8) is 0 Å². The van der Waals surface area contributed by atoms with Crippen molar-refractivity contribution in [2.24, 2.45) is 0 Å². The lowest BCUT2D eigenvalue weighted by atomic mass is 10.1. The summed E-state index contributed by atoms with van der Waals surface area (Å²) in [6.07, 6.45) is 0. The van der Waals surface area contributed by atoms with E-state index in [1.165, 1.54) is 22.2 Å². The van der Waals surface area contributed by atoms with Gasteiger partial charge in [0.1, 0.15) is 10.6 Å². The first-order chi connectivity index (χ1) is 14.9. The van der Waals surface area contributed by atoms with Crippen LogP contribution in [0.25, 0.3) is 0 Å². The largest absolute Gasteiger partial charge is 0.350 e. The minimum atomic E-state index is -0.338. The molecule has 5 heteroatoms. The van der Waals surface area contributed by atoms with E-state index >= 15 is 0 Å². The molecular formula is C26H24N2O2S. The van der Waals surface area contributed by atoms with Crippen LogP contribution in [-0.2, 0) is 9.59 Å². The van der Waals surface area contributed by atoms with Crippen LogP contribution in [0.1, 0.15) is 22.3 Å². The van der Waals surface area contributed by atoms with Gasteiger partial charge in [-0.1, -0.05) is 48.2 Å². The lowest BCUT2D eigenvalue weighted by molar-refractivity contribution is -0.120. The van der Waals surface area contributed by atoms with Gasteiger partial charge in [0.15, 0.2) is 0 Å². The average Bonchev–Trinajstić information content (AvgIpc) is 2.97. The van der Waals surface area contributed by atoms with Crippen molar-refractivity contribution in [2.75, 3.05) is 10.2 Å². The molecule has 0 saturated heterocycles. The van der Waals surface area contributed by atoms with Crippen molar-refractivity contribution < 1.29 is 9.59 Å². The third-order valence-corrected chi connectivity index (χ3v) is 6.69. The number of hydrogen-bond acceptors (Lipinski definition) is 4. The minimum Gasteiger partial charge on any atom is -0.350 e. The molecule has 0 saturated carbocycles. The summed E-state index contributed by atoms with van der Waals surface area (Å²) in [5.41, 5.74) is 5.95. The fourth-order valence-corrected chi connectivity index (χ4v) is 4.43. The molecule has 4 rings (SSSR count). The maximum atomic E-state index is 13.5. The molecule has 156 valence electrons. The first-order valence-electron chi connectivity index (χ1n) is 10.1. The molecule has 1 aliphatic rings. The number of carbonyl (C=O) groups is 2. The zero-order valence-corrected chi connectivity index (χ0v) is 18.8. The van der Waals surface area contributed by atoms with Gasteiger partial charge in [0.05, 0.1) is 5.69 Å². The summed E-state index contributed by atoms with van der Waals surface area (Å²) in [4.78, 5) is 29.6. The molecule has 31 heavy (non-hydrogen) atoms. The lowest BCUT2D eigenvalue weighted by Crippen LogP contribution is -2.33. The second kappa shape index (κ2) is 8.44. The average molecular weight is 429 g/mol. The second-order valence-corrected chi connectivity index (χ2v) is 8.79. The summed E-state index contributed by atoms with van der Waals surface area (Å²) in [7, 11) is 0. The number of nitrogens with zero attached hydrogens (tertiary/aromatic N) is 1. The van der Waals surface area contributed by atoms with E-state index in [-0.39, 0.29) is 11.8 Å². The van der Waals surface area contributed by atoms with E-state index in [4.69, 9.17) is 0 Å². The van der Waals surface area contributed by atoms with Crippen molar-refractivity contribution in [2.45, 2.75) is 32.6 Å². The molecule has 1 N–H and O–H groups in total. The van der Waals surface area contributed by atoms with Gasteiger partial charge >= 0.3 is 0 Å². The van der Waals surface area contributed by atoms with Crippen LogP contribution in [0.2, 0.25) is 0 Å². The molecule has 0 aromatic heterocycles. The van der Waals surface area contributed by atoms with Gasteiger partial charge in [-0.2, -0.15) is 0 Å². The predicted octanol–water partition coefficient (Wildman–Crippen LogP) is 5.91. The van der Waals surface area contributed by atoms with Crippen molar-refractivity contribution in [1.82, 2.24) is 0 Å². The highest BCUT2D eigenvalue weighted by Crippen LogP contribution is 2.39. The van der Waals surface area contributed by atoms with Crippen LogP contribution in [0, 0.1) is 27.7 Å². The fourth-order valence-electron chi connectivity index (χ4n) is 3.48. The maximum Gasteiger partial charge on any atom is 0.283 e. The van der Waals surface area contributed by atoms with Crippen molar-refractivity contribution in [1.29, 1.82) is 0 Å². The van der Waals surface area contributed by atoms with E-state index < -0.39 is 0 Å². The lowest BCUT2D eigenvalue weighted by Gasteiger charge is -2.19. The van der Waals surface area contributed by atoms with E-state index in [0.717, 1.165) is 27.3 Å². The normalized spacial score (nSPS) is 13.9. The molecule has 0 aliphatic carbocycles. The summed E-state index contributed by atoms with van der Waals surface area (Å²) in [6, 6.07) is 21.2. The summed E-state index contributed by atoms with van der Waals surface area (Å²) >= 11 is 1.31. The zero-order chi connectivity index (χ0) is 22.1. The highest BCUT2D eigenvalue weighted by Gasteiger charge is 2.40. The number of nitrogens with one attached hydrogen (secondary N) is 1. The molecule has 3 aromatic carbocycles. The number of carbonyl (C=O) groups excluding carboxylic acids is 2. The SMILES string of the molecule is Cc1ccc(NC2=C(Sc3ccccc3)C(=O)N(c3cccc(C)c3C)C2=O)cc1C. The van der Waals surface area contributed by atoms with Crippen LogP contribution in [-0.4, -0.2) is 11.8 Å². The Morgan fingerprint density at radius 1 is 0.742 bits per heavy atom. The number of anilines is 2. The molecule has 0 radical (unpaired) electrons. The van der Waals surface area contributed by atoms with Gasteiger partial charge in [-0.3, -0.25) is 9.59 Å². The first-order valence-corrected chi connectivity index (χ1v) is 10.9. The molecule has 0 bridgehead atoms. The van der Waals surface area contributed by atoms with Crippen molar-refractivity contribution >= 4 is 35.0 Å². The van der Waals surface area contributed by atoms with Gasteiger partial charge in [-0.05, 0) is 80.3 Å². The summed E-state index contributed by atoms with van der Waals surface area (Å²) < 4.78 is 0. The Morgan fingerprint density at radius 2 is 1.48 bits per heavy atom. The Bertz CT molecular complexity index is 1220. The highest BCUT2D eigenvalue weighted by atomic mass is 32.2. The Balaban J connectivity index is 1.78. The Morgan fingerprint density at radius 3 is 2.19 bits per heavy atom. The number of amides is 2. The molecule has 1 aliphatic heterocycles. The molecule has 0 unspecified atom stereocenters. The van der Waals surface area contributed by atoms with E-state index in [2.05, 4.69) is 5.32 Å². The third-order valence-electron chi connectivity index (χ3n) is 5.60. The van der Waals surface area contributed by atoms with Crippen molar-refractivity contribution in [3.8, 4) is 0 Å². The van der Waals surface area contributed by atoms with Gasteiger partial charge in [0.25, 0.3) is 11.8 Å². The molecule has 0 spiro atoms. The predicted molar refractivity (Wildman–Crippen MR) is 127 cm³/mol. The topological polar surface area (TPSA) is 49.4 Å². The monoisotopic (exact) mass is 428 g/mol. The quantitative estimate of drug-likeness (QED) is 0.513. The van der Waals surface area contributed by atoms with Gasteiger partial charge in [0, 0.05) is 10.6 Å². The number of thioether (sulfide) groups is 1. The van der Waals surface area contributed by atoms with Crippen molar-refractivity contribution in [3.05, 3.63) is 99.6 Å². The smallest absolute Gasteiger partial charge is 0.283 e. The van der Waals surface area contributed by atoms with Crippen LogP contribution in [0.5, 0.6) is 0 Å². The van der Waals surface area contributed by atoms with Crippen LogP contribution in [0.4, 0.5) is 11.4 Å². The summed E-state index contributed by atoms with van der Waals surface area (Å²) in [6.45, 7) is 7.98. The van der Waals surface area contributed by atoms with Gasteiger partial charge in [-0.25, -0.2) is 4.90 Å². The van der Waals surface area contributed by atoms with E-state index in [0.29, 0.717) is 16.3 Å². The van der Waals surface area contributed by atoms with Gasteiger partial charge < -0.3 is 5.32 Å². The van der Waals surface area contributed by atoms with Gasteiger partial charge in [0.2, 0.25) is 0 Å². The number of benzene rings is 3. The minimum absolute atomic E-state index is 0.307. The Kier molecular flexibility index (Phi) is 5.70. The van der Waals surface area contributed by atoms with Crippen LogP contribution in [0.3, 0.4) is 0 Å². The van der Waals surface area contributed by atoms with E-state index in [1.807, 2.05) is 94.4 Å². The zero-order valence-electron chi connectivity index (χ0n) is 18.0. The molecular weight excluding hydrogens is 404 g/mol. The van der Waals surface area contributed by atoms with E-state index in [9.17, 15) is 9.59 Å².